The van der Waals surface area contributed by atoms with Crippen LogP contribution in [0, 0.1) is 13.8 Å². The molecule has 154 valence electrons. The molecule has 0 aliphatic heterocycles. The Morgan fingerprint density at radius 1 is 1.03 bits per heavy atom. The maximum absolute atomic E-state index is 12.0. The molecule has 3 aromatic rings. The molecule has 0 radical (unpaired) electrons. The first-order chi connectivity index (χ1) is 14.4. The van der Waals surface area contributed by atoms with Gasteiger partial charge in [-0.1, -0.05) is 30.0 Å². The molecule has 3 rings (SSSR count). The van der Waals surface area contributed by atoms with Gasteiger partial charge in [-0.25, -0.2) is 14.8 Å². The van der Waals surface area contributed by atoms with Crippen molar-refractivity contribution in [1.29, 1.82) is 0 Å². The normalized spacial score (nSPS) is 10.5. The summed E-state index contributed by atoms with van der Waals surface area (Å²) < 4.78 is 5.51. The first-order valence-electron chi connectivity index (χ1n) is 9.19. The molecule has 8 heteroatoms. The van der Waals surface area contributed by atoms with E-state index in [9.17, 15) is 9.59 Å². The molecule has 2 aromatic carbocycles. The van der Waals surface area contributed by atoms with Crippen molar-refractivity contribution in [2.24, 2.45) is 0 Å². The Kier molecular flexibility index (Phi) is 7.03. The fraction of sp³-hybridized carbons (Fsp3) is 0.182. The van der Waals surface area contributed by atoms with Crippen LogP contribution in [-0.2, 0) is 10.5 Å². The average Bonchev–Trinajstić information content (AvgIpc) is 2.71. The SMILES string of the molecule is Cc1cc(C)nc(SCc2ccc(OCC(=O)Nc3cccc(C(=O)O)c3)cc2)n1. The standard InChI is InChI=1S/C22H21N3O4S/c1-14-10-15(2)24-22(23-14)30-13-16-6-8-19(9-7-16)29-12-20(26)25-18-5-3-4-17(11-18)21(27)28/h3-11H,12-13H2,1-2H3,(H,25,26)(H,27,28). The summed E-state index contributed by atoms with van der Waals surface area (Å²) in [4.78, 5) is 31.9. The van der Waals surface area contributed by atoms with Gasteiger partial charge in [0.25, 0.3) is 5.91 Å². The molecule has 30 heavy (non-hydrogen) atoms. The molecule has 0 aliphatic rings. The van der Waals surface area contributed by atoms with Gasteiger partial charge in [0, 0.05) is 22.8 Å². The molecule has 0 unspecified atom stereocenters. The second-order valence-electron chi connectivity index (χ2n) is 6.59. The van der Waals surface area contributed by atoms with E-state index in [0.29, 0.717) is 11.4 Å². The molecule has 0 spiro atoms. The van der Waals surface area contributed by atoms with Gasteiger partial charge in [-0.3, -0.25) is 4.79 Å². The van der Waals surface area contributed by atoms with E-state index in [2.05, 4.69) is 15.3 Å². The zero-order chi connectivity index (χ0) is 21.5. The summed E-state index contributed by atoms with van der Waals surface area (Å²) in [6.45, 7) is 3.72. The molecule has 0 saturated carbocycles. The first kappa shape index (κ1) is 21.3. The smallest absolute Gasteiger partial charge is 0.335 e. The number of aryl methyl sites for hydroxylation is 2. The van der Waals surface area contributed by atoms with E-state index in [1.165, 1.54) is 12.1 Å². The predicted molar refractivity (Wildman–Crippen MR) is 115 cm³/mol. The van der Waals surface area contributed by atoms with Gasteiger partial charge in [0.1, 0.15) is 5.75 Å². The number of aromatic carboxylic acids is 1. The molecule has 0 atom stereocenters. The lowest BCUT2D eigenvalue weighted by molar-refractivity contribution is -0.118. The Hall–Kier alpha value is -3.39. The number of anilines is 1. The quantitative estimate of drug-likeness (QED) is 0.415. The van der Waals surface area contributed by atoms with Crippen molar-refractivity contribution in [3.05, 3.63) is 77.1 Å². The highest BCUT2D eigenvalue weighted by Crippen LogP contribution is 2.22. The second-order valence-corrected chi connectivity index (χ2v) is 7.53. The van der Waals surface area contributed by atoms with E-state index in [1.807, 2.05) is 32.0 Å². The number of nitrogens with zero attached hydrogens (tertiary/aromatic N) is 2. The number of benzene rings is 2. The molecular formula is C22H21N3O4S. The zero-order valence-corrected chi connectivity index (χ0v) is 17.4. The van der Waals surface area contributed by atoms with E-state index in [-0.39, 0.29) is 18.1 Å². The van der Waals surface area contributed by atoms with E-state index >= 15 is 0 Å². The fourth-order valence-corrected chi connectivity index (χ4v) is 3.57. The minimum atomic E-state index is -1.05. The Labute approximate surface area is 178 Å². The molecule has 1 aromatic heterocycles. The van der Waals surface area contributed by atoms with Gasteiger partial charge in [-0.2, -0.15) is 0 Å². The molecule has 1 amide bonds. The largest absolute Gasteiger partial charge is 0.484 e. The Balaban J connectivity index is 1.48. The first-order valence-corrected chi connectivity index (χ1v) is 10.2. The maximum atomic E-state index is 12.0. The Morgan fingerprint density at radius 3 is 2.40 bits per heavy atom. The molecule has 0 bridgehead atoms. The van der Waals surface area contributed by atoms with Gasteiger partial charge >= 0.3 is 5.97 Å². The highest BCUT2D eigenvalue weighted by molar-refractivity contribution is 7.98. The molecule has 7 nitrogen and oxygen atoms in total. The number of carbonyl (C=O) groups is 2. The molecule has 2 N–H and O–H groups in total. The number of aromatic nitrogens is 2. The summed E-state index contributed by atoms with van der Waals surface area (Å²) in [5, 5.41) is 12.4. The van der Waals surface area contributed by atoms with E-state index in [4.69, 9.17) is 9.84 Å². The number of thioether (sulfide) groups is 1. The maximum Gasteiger partial charge on any atom is 0.335 e. The summed E-state index contributed by atoms with van der Waals surface area (Å²) in [5.41, 5.74) is 3.49. The lowest BCUT2D eigenvalue weighted by Crippen LogP contribution is -2.20. The van der Waals surface area contributed by atoms with Crippen LogP contribution >= 0.6 is 11.8 Å². The number of hydrogen-bond donors (Lipinski definition) is 2. The fourth-order valence-electron chi connectivity index (χ4n) is 2.66. The molecule has 1 heterocycles. The number of carbonyl (C=O) groups excluding carboxylic acids is 1. The van der Waals surface area contributed by atoms with Crippen LogP contribution in [0.3, 0.4) is 0 Å². The number of hydrogen-bond acceptors (Lipinski definition) is 6. The van der Waals surface area contributed by atoms with Crippen molar-refractivity contribution in [2.45, 2.75) is 24.8 Å². The van der Waals surface area contributed by atoms with Crippen LogP contribution in [0.15, 0.2) is 59.8 Å². The van der Waals surface area contributed by atoms with Crippen LogP contribution in [0.4, 0.5) is 5.69 Å². The van der Waals surface area contributed by atoms with Crippen LogP contribution in [0.1, 0.15) is 27.3 Å². The van der Waals surface area contributed by atoms with Crippen LogP contribution in [-0.4, -0.2) is 33.6 Å². The summed E-state index contributed by atoms with van der Waals surface area (Å²) in [5.74, 6) is -0.126. The van der Waals surface area contributed by atoms with Gasteiger partial charge < -0.3 is 15.2 Å². The third kappa shape index (κ3) is 6.31. The van der Waals surface area contributed by atoms with Crippen molar-refractivity contribution >= 4 is 29.3 Å². The zero-order valence-electron chi connectivity index (χ0n) is 16.6. The number of ether oxygens (including phenoxy) is 1. The van der Waals surface area contributed by atoms with Crippen molar-refractivity contribution in [3.8, 4) is 5.75 Å². The number of rotatable bonds is 8. The Morgan fingerprint density at radius 2 is 1.73 bits per heavy atom. The molecular weight excluding hydrogens is 402 g/mol. The topological polar surface area (TPSA) is 101 Å². The van der Waals surface area contributed by atoms with Crippen molar-refractivity contribution in [2.75, 3.05) is 11.9 Å². The van der Waals surface area contributed by atoms with Gasteiger partial charge in [-0.15, -0.1) is 0 Å². The van der Waals surface area contributed by atoms with Crippen molar-refractivity contribution < 1.29 is 19.4 Å². The molecule has 0 saturated heterocycles. The minimum Gasteiger partial charge on any atom is -0.484 e. The Bertz CT molecular complexity index is 1030. The number of nitrogens with one attached hydrogen (secondary N) is 1. The van der Waals surface area contributed by atoms with Crippen LogP contribution in [0.25, 0.3) is 0 Å². The summed E-state index contributed by atoms with van der Waals surface area (Å²) >= 11 is 1.56. The third-order valence-electron chi connectivity index (χ3n) is 4.02. The van der Waals surface area contributed by atoms with Gasteiger partial charge in [0.05, 0.1) is 5.56 Å². The van der Waals surface area contributed by atoms with Gasteiger partial charge in [0.2, 0.25) is 0 Å². The second kappa shape index (κ2) is 9.89. The van der Waals surface area contributed by atoms with Crippen molar-refractivity contribution in [1.82, 2.24) is 9.97 Å². The number of amides is 1. The van der Waals surface area contributed by atoms with E-state index in [0.717, 1.165) is 27.9 Å². The van der Waals surface area contributed by atoms with Gasteiger partial charge in [0.15, 0.2) is 11.8 Å². The predicted octanol–water partition coefficient (Wildman–Crippen LogP) is 4.10. The highest BCUT2D eigenvalue weighted by atomic mass is 32.2. The lowest BCUT2D eigenvalue weighted by Gasteiger charge is -2.09. The summed E-state index contributed by atoms with van der Waals surface area (Å²) in [6.07, 6.45) is 0. The van der Waals surface area contributed by atoms with E-state index < -0.39 is 5.97 Å². The average molecular weight is 423 g/mol. The van der Waals surface area contributed by atoms with Crippen LogP contribution in [0.2, 0.25) is 0 Å². The van der Waals surface area contributed by atoms with Gasteiger partial charge in [-0.05, 0) is 55.8 Å². The molecule has 0 aliphatic carbocycles. The van der Waals surface area contributed by atoms with Crippen LogP contribution in [0.5, 0.6) is 5.75 Å². The number of carboxylic acids is 1. The van der Waals surface area contributed by atoms with E-state index in [1.54, 1.807) is 36.0 Å². The van der Waals surface area contributed by atoms with Crippen LogP contribution < -0.4 is 10.1 Å². The number of carboxylic acid groups (broad SMARTS) is 1. The van der Waals surface area contributed by atoms with Crippen molar-refractivity contribution in [3.63, 3.8) is 0 Å². The lowest BCUT2D eigenvalue weighted by atomic mass is 10.2. The highest BCUT2D eigenvalue weighted by Gasteiger charge is 2.08. The monoisotopic (exact) mass is 423 g/mol. The summed E-state index contributed by atoms with van der Waals surface area (Å²) in [7, 11) is 0. The summed E-state index contributed by atoms with van der Waals surface area (Å²) in [6, 6.07) is 15.4. The molecule has 0 fully saturated rings. The minimum absolute atomic E-state index is 0.105. The third-order valence-corrected chi connectivity index (χ3v) is 4.93.